The van der Waals surface area contributed by atoms with Crippen LogP contribution in [0.15, 0.2) is 51.7 Å². The molecule has 1 aromatic heterocycles. The van der Waals surface area contributed by atoms with E-state index in [1.54, 1.807) is 36.4 Å². The summed E-state index contributed by atoms with van der Waals surface area (Å²) in [4.78, 5) is 16.4. The van der Waals surface area contributed by atoms with Gasteiger partial charge in [0.1, 0.15) is 5.75 Å². The van der Waals surface area contributed by atoms with Gasteiger partial charge in [-0.25, -0.2) is 9.78 Å². The van der Waals surface area contributed by atoms with Crippen LogP contribution < -0.4 is 10.4 Å². The average Bonchev–Trinajstić information content (AvgIpc) is 2.49. The molecule has 0 unspecified atom stereocenters. The van der Waals surface area contributed by atoms with Crippen molar-refractivity contribution in [1.29, 1.82) is 0 Å². The van der Waals surface area contributed by atoms with Gasteiger partial charge in [0, 0.05) is 5.02 Å². The minimum Gasteiger partial charge on any atom is -0.493 e. The summed E-state index contributed by atoms with van der Waals surface area (Å²) < 4.78 is 10.9. The van der Waals surface area contributed by atoms with Crippen LogP contribution in [-0.2, 0) is 0 Å². The van der Waals surface area contributed by atoms with Gasteiger partial charge in [-0.2, -0.15) is 0 Å². The van der Waals surface area contributed by atoms with Crippen molar-refractivity contribution in [1.82, 2.24) is 4.98 Å². The van der Waals surface area contributed by atoms with Crippen molar-refractivity contribution < 1.29 is 9.15 Å². The Balaban J connectivity index is 2.25. The molecule has 3 aromatic rings. The third kappa shape index (κ3) is 2.62. The molecule has 0 saturated heterocycles. The van der Waals surface area contributed by atoms with Gasteiger partial charge in [0.2, 0.25) is 5.89 Å². The summed E-state index contributed by atoms with van der Waals surface area (Å²) in [6.45, 7) is 2.37. The van der Waals surface area contributed by atoms with Gasteiger partial charge in [0.15, 0.2) is 0 Å². The first kappa shape index (κ1) is 13.6. The zero-order valence-corrected chi connectivity index (χ0v) is 12.1. The summed E-state index contributed by atoms with van der Waals surface area (Å²) in [7, 11) is 0. The number of benzene rings is 2. The maximum atomic E-state index is 12.0. The molecule has 5 heteroatoms. The van der Waals surface area contributed by atoms with E-state index in [-0.39, 0.29) is 5.89 Å². The van der Waals surface area contributed by atoms with Crippen molar-refractivity contribution in [3.05, 3.63) is 57.9 Å². The highest BCUT2D eigenvalue weighted by Gasteiger charge is 2.13. The van der Waals surface area contributed by atoms with Crippen molar-refractivity contribution in [2.75, 3.05) is 6.61 Å². The van der Waals surface area contributed by atoms with Crippen LogP contribution in [0.4, 0.5) is 0 Å². The fraction of sp³-hybridized carbons (Fsp3) is 0.125. The highest BCUT2D eigenvalue weighted by molar-refractivity contribution is 6.30. The van der Waals surface area contributed by atoms with E-state index >= 15 is 0 Å². The Kier molecular flexibility index (Phi) is 3.62. The van der Waals surface area contributed by atoms with Gasteiger partial charge >= 0.3 is 5.63 Å². The summed E-state index contributed by atoms with van der Waals surface area (Å²) in [6, 6.07) is 12.2. The molecule has 1 heterocycles. The Hall–Kier alpha value is -2.33. The van der Waals surface area contributed by atoms with Crippen LogP contribution >= 0.6 is 11.6 Å². The standard InChI is InChI=1S/C16H12ClNO3/c1-2-20-14-8-7-10(17)9-12(14)15-18-13-6-4-3-5-11(13)16(19)21-15/h3-9H,2H2,1H3. The van der Waals surface area contributed by atoms with E-state index in [0.29, 0.717) is 33.8 Å². The van der Waals surface area contributed by atoms with Crippen LogP contribution in [0.5, 0.6) is 5.75 Å². The highest BCUT2D eigenvalue weighted by atomic mass is 35.5. The third-order valence-corrected chi connectivity index (χ3v) is 3.24. The fourth-order valence-corrected chi connectivity index (χ4v) is 2.26. The van der Waals surface area contributed by atoms with Crippen molar-refractivity contribution in [3.8, 4) is 17.2 Å². The van der Waals surface area contributed by atoms with Crippen LogP contribution in [0, 0.1) is 0 Å². The zero-order valence-electron chi connectivity index (χ0n) is 11.3. The van der Waals surface area contributed by atoms with Gasteiger partial charge in [0.25, 0.3) is 0 Å². The number of aromatic nitrogens is 1. The molecule has 4 nitrogen and oxygen atoms in total. The average molecular weight is 302 g/mol. The smallest absolute Gasteiger partial charge is 0.347 e. The lowest BCUT2D eigenvalue weighted by atomic mass is 10.2. The van der Waals surface area contributed by atoms with Gasteiger partial charge in [-0.15, -0.1) is 0 Å². The zero-order chi connectivity index (χ0) is 14.8. The molecular weight excluding hydrogens is 290 g/mol. The number of rotatable bonds is 3. The summed E-state index contributed by atoms with van der Waals surface area (Å²) in [5.74, 6) is 0.775. The Morgan fingerprint density at radius 1 is 1.24 bits per heavy atom. The summed E-state index contributed by atoms with van der Waals surface area (Å²) in [5.41, 5.74) is 0.705. The molecule has 0 aliphatic carbocycles. The van der Waals surface area contributed by atoms with Crippen molar-refractivity contribution in [3.63, 3.8) is 0 Å². The van der Waals surface area contributed by atoms with E-state index in [0.717, 1.165) is 0 Å². The van der Waals surface area contributed by atoms with Crippen molar-refractivity contribution in [2.24, 2.45) is 0 Å². The van der Waals surface area contributed by atoms with Gasteiger partial charge in [0.05, 0.1) is 23.1 Å². The second-order valence-corrected chi connectivity index (χ2v) is 4.83. The molecule has 0 bridgehead atoms. The summed E-state index contributed by atoms with van der Waals surface area (Å²) in [5, 5.41) is 0.965. The first-order valence-electron chi connectivity index (χ1n) is 6.51. The van der Waals surface area contributed by atoms with Crippen LogP contribution in [0.25, 0.3) is 22.4 Å². The topological polar surface area (TPSA) is 52.3 Å². The van der Waals surface area contributed by atoms with Crippen molar-refractivity contribution in [2.45, 2.75) is 6.92 Å². The summed E-state index contributed by atoms with van der Waals surface area (Å²) in [6.07, 6.45) is 0. The van der Waals surface area contributed by atoms with E-state index in [1.165, 1.54) is 0 Å². The van der Waals surface area contributed by atoms with Gasteiger partial charge in [-0.1, -0.05) is 23.7 Å². The first-order chi connectivity index (χ1) is 10.2. The lowest BCUT2D eigenvalue weighted by Gasteiger charge is -2.09. The van der Waals surface area contributed by atoms with Gasteiger partial charge in [-0.05, 0) is 37.3 Å². The molecule has 0 saturated carbocycles. The Bertz CT molecular complexity index is 858. The van der Waals surface area contributed by atoms with Gasteiger partial charge in [-0.3, -0.25) is 0 Å². The van der Waals surface area contributed by atoms with E-state index < -0.39 is 5.63 Å². The highest BCUT2D eigenvalue weighted by Crippen LogP contribution is 2.31. The van der Waals surface area contributed by atoms with Crippen LogP contribution in [0.3, 0.4) is 0 Å². The van der Waals surface area contributed by atoms with Crippen LogP contribution in [0.2, 0.25) is 5.02 Å². The molecule has 0 fully saturated rings. The molecular formula is C16H12ClNO3. The Morgan fingerprint density at radius 2 is 2.05 bits per heavy atom. The van der Waals surface area contributed by atoms with E-state index in [1.807, 2.05) is 13.0 Å². The number of hydrogen-bond donors (Lipinski definition) is 0. The number of fused-ring (bicyclic) bond motifs is 1. The lowest BCUT2D eigenvalue weighted by molar-refractivity contribution is 0.340. The molecule has 0 spiro atoms. The Morgan fingerprint density at radius 3 is 2.86 bits per heavy atom. The van der Waals surface area contributed by atoms with Crippen LogP contribution in [-0.4, -0.2) is 11.6 Å². The molecule has 0 aliphatic heterocycles. The van der Waals surface area contributed by atoms with E-state index in [2.05, 4.69) is 4.98 Å². The third-order valence-electron chi connectivity index (χ3n) is 3.01. The molecule has 106 valence electrons. The quantitative estimate of drug-likeness (QED) is 0.736. The number of ether oxygens (including phenoxy) is 1. The molecule has 0 atom stereocenters. The SMILES string of the molecule is CCOc1ccc(Cl)cc1-c1nc2ccccc2c(=O)o1. The Labute approximate surface area is 126 Å². The second kappa shape index (κ2) is 5.58. The maximum Gasteiger partial charge on any atom is 0.347 e. The van der Waals surface area contributed by atoms with Crippen LogP contribution in [0.1, 0.15) is 6.92 Å². The minimum absolute atomic E-state index is 0.199. The molecule has 0 amide bonds. The molecule has 0 aliphatic rings. The predicted octanol–water partition coefficient (Wildman–Crippen LogP) is 3.91. The number of hydrogen-bond acceptors (Lipinski definition) is 4. The van der Waals surface area contributed by atoms with E-state index in [9.17, 15) is 4.79 Å². The minimum atomic E-state index is -0.432. The first-order valence-corrected chi connectivity index (χ1v) is 6.89. The normalized spacial score (nSPS) is 10.8. The number of para-hydroxylation sites is 1. The number of nitrogens with zero attached hydrogens (tertiary/aromatic N) is 1. The second-order valence-electron chi connectivity index (χ2n) is 4.40. The molecule has 0 radical (unpaired) electrons. The fourth-order valence-electron chi connectivity index (χ4n) is 2.08. The number of halogens is 1. The van der Waals surface area contributed by atoms with E-state index in [4.69, 9.17) is 20.8 Å². The summed E-state index contributed by atoms with van der Waals surface area (Å²) >= 11 is 6.02. The maximum absolute atomic E-state index is 12.0. The largest absolute Gasteiger partial charge is 0.493 e. The lowest BCUT2D eigenvalue weighted by Crippen LogP contribution is -2.03. The molecule has 3 rings (SSSR count). The molecule has 0 N–H and O–H groups in total. The van der Waals surface area contributed by atoms with Gasteiger partial charge < -0.3 is 9.15 Å². The molecule has 2 aromatic carbocycles. The molecule has 21 heavy (non-hydrogen) atoms. The van der Waals surface area contributed by atoms with Crippen molar-refractivity contribution >= 4 is 22.5 Å². The predicted molar refractivity (Wildman–Crippen MR) is 81.9 cm³/mol. The monoisotopic (exact) mass is 301 g/mol.